The molecule has 8 nitrogen and oxygen atoms in total. The summed E-state index contributed by atoms with van der Waals surface area (Å²) in [5.74, 6) is 1.44. The molecule has 0 atom stereocenters. The minimum atomic E-state index is -0.554. The third-order valence-electron chi connectivity index (χ3n) is 4.65. The zero-order valence-electron chi connectivity index (χ0n) is 19.5. The number of anilines is 1. The van der Waals surface area contributed by atoms with Crippen LogP contribution in [0.5, 0.6) is 17.2 Å². The molecule has 0 aliphatic heterocycles. The van der Waals surface area contributed by atoms with E-state index in [1.54, 1.807) is 18.2 Å². The van der Waals surface area contributed by atoms with Gasteiger partial charge in [0.15, 0.2) is 11.5 Å². The molecule has 0 saturated carbocycles. The standard InChI is InChI=1S/C25H26N4O4S/c1-16(2)24-28-29-25(34-24)27-23(30)19(15-26)13-18-7-10-21(22(14-18)31-4)33-12-11-32-20-8-5-17(3)6-9-20/h5-10,13-14,16H,11-12H2,1-4H3,(H,27,29,30)/b19-13-. The largest absolute Gasteiger partial charge is 0.493 e. The Bertz CT molecular complexity index is 1200. The summed E-state index contributed by atoms with van der Waals surface area (Å²) in [6, 6.07) is 14.9. The van der Waals surface area contributed by atoms with E-state index in [0.29, 0.717) is 35.4 Å². The van der Waals surface area contributed by atoms with Crippen molar-refractivity contribution in [2.45, 2.75) is 26.7 Å². The number of aromatic nitrogens is 2. The molecule has 34 heavy (non-hydrogen) atoms. The van der Waals surface area contributed by atoms with Gasteiger partial charge in [0.2, 0.25) is 5.13 Å². The van der Waals surface area contributed by atoms with Gasteiger partial charge in [-0.25, -0.2) is 0 Å². The van der Waals surface area contributed by atoms with Gasteiger partial charge < -0.3 is 14.2 Å². The average Bonchev–Trinajstić information content (AvgIpc) is 3.30. The van der Waals surface area contributed by atoms with Gasteiger partial charge in [-0.2, -0.15) is 5.26 Å². The van der Waals surface area contributed by atoms with Crippen molar-refractivity contribution >= 4 is 28.5 Å². The Labute approximate surface area is 202 Å². The van der Waals surface area contributed by atoms with E-state index in [1.165, 1.54) is 30.1 Å². The second-order valence-corrected chi connectivity index (χ2v) is 8.65. The van der Waals surface area contributed by atoms with Crippen molar-refractivity contribution in [1.29, 1.82) is 5.26 Å². The summed E-state index contributed by atoms with van der Waals surface area (Å²) >= 11 is 1.28. The van der Waals surface area contributed by atoms with Crippen LogP contribution in [0, 0.1) is 18.3 Å². The first-order chi connectivity index (χ1) is 16.4. The van der Waals surface area contributed by atoms with Crippen molar-refractivity contribution in [2.75, 3.05) is 25.6 Å². The number of hydrogen-bond acceptors (Lipinski definition) is 8. The molecule has 0 bridgehead atoms. The Morgan fingerprint density at radius 1 is 1.12 bits per heavy atom. The van der Waals surface area contributed by atoms with Gasteiger partial charge >= 0.3 is 0 Å². The molecule has 1 amide bonds. The van der Waals surface area contributed by atoms with Crippen LogP contribution in [0.1, 0.15) is 35.9 Å². The van der Waals surface area contributed by atoms with E-state index in [9.17, 15) is 10.1 Å². The molecule has 2 aromatic carbocycles. The average molecular weight is 479 g/mol. The number of aryl methyl sites for hydroxylation is 1. The normalized spacial score (nSPS) is 11.1. The lowest BCUT2D eigenvalue weighted by molar-refractivity contribution is -0.112. The van der Waals surface area contributed by atoms with Crippen LogP contribution in [0.4, 0.5) is 5.13 Å². The third-order valence-corrected chi connectivity index (χ3v) is 5.79. The smallest absolute Gasteiger partial charge is 0.268 e. The summed E-state index contributed by atoms with van der Waals surface area (Å²) in [7, 11) is 1.53. The summed E-state index contributed by atoms with van der Waals surface area (Å²) in [5.41, 5.74) is 1.72. The molecular formula is C25H26N4O4S. The lowest BCUT2D eigenvalue weighted by Crippen LogP contribution is -2.13. The summed E-state index contributed by atoms with van der Waals surface area (Å²) in [6.07, 6.45) is 1.48. The highest BCUT2D eigenvalue weighted by Gasteiger charge is 2.15. The Morgan fingerprint density at radius 3 is 2.50 bits per heavy atom. The highest BCUT2D eigenvalue weighted by molar-refractivity contribution is 7.15. The topological polar surface area (TPSA) is 106 Å². The Morgan fingerprint density at radius 2 is 1.85 bits per heavy atom. The van der Waals surface area contributed by atoms with Crippen LogP contribution >= 0.6 is 11.3 Å². The quantitative estimate of drug-likeness (QED) is 0.249. The van der Waals surface area contributed by atoms with Crippen molar-refractivity contribution in [1.82, 2.24) is 10.2 Å². The summed E-state index contributed by atoms with van der Waals surface area (Å²) in [5, 5.41) is 21.2. The second kappa shape index (κ2) is 11.8. The van der Waals surface area contributed by atoms with Gasteiger partial charge in [0, 0.05) is 5.92 Å². The summed E-state index contributed by atoms with van der Waals surface area (Å²) < 4.78 is 16.9. The number of amides is 1. The van der Waals surface area contributed by atoms with Gasteiger partial charge in [0.25, 0.3) is 5.91 Å². The first kappa shape index (κ1) is 24.7. The first-order valence-electron chi connectivity index (χ1n) is 10.7. The van der Waals surface area contributed by atoms with Crippen molar-refractivity contribution in [3.8, 4) is 23.3 Å². The lowest BCUT2D eigenvalue weighted by atomic mass is 10.1. The minimum absolute atomic E-state index is 0.0662. The van der Waals surface area contributed by atoms with Gasteiger partial charge in [0.1, 0.15) is 35.6 Å². The zero-order chi connectivity index (χ0) is 24.5. The van der Waals surface area contributed by atoms with Crippen LogP contribution in [-0.4, -0.2) is 36.4 Å². The van der Waals surface area contributed by atoms with Crippen molar-refractivity contribution in [2.24, 2.45) is 0 Å². The zero-order valence-corrected chi connectivity index (χ0v) is 20.3. The van der Waals surface area contributed by atoms with E-state index in [0.717, 1.165) is 10.8 Å². The maximum atomic E-state index is 12.5. The van der Waals surface area contributed by atoms with Crippen molar-refractivity contribution in [3.05, 3.63) is 64.2 Å². The van der Waals surface area contributed by atoms with E-state index in [4.69, 9.17) is 14.2 Å². The number of hydrogen-bond donors (Lipinski definition) is 1. The number of benzene rings is 2. The number of carbonyl (C=O) groups is 1. The van der Waals surface area contributed by atoms with Crippen LogP contribution < -0.4 is 19.5 Å². The molecule has 0 aliphatic carbocycles. The Balaban J connectivity index is 1.62. The Hall–Kier alpha value is -3.90. The molecular weight excluding hydrogens is 452 g/mol. The fourth-order valence-electron chi connectivity index (χ4n) is 2.84. The summed E-state index contributed by atoms with van der Waals surface area (Å²) in [6.45, 7) is 6.70. The maximum Gasteiger partial charge on any atom is 0.268 e. The van der Waals surface area contributed by atoms with E-state index in [2.05, 4.69) is 15.5 Å². The van der Waals surface area contributed by atoms with Gasteiger partial charge in [0.05, 0.1) is 7.11 Å². The van der Waals surface area contributed by atoms with Crippen LogP contribution in [0.25, 0.3) is 6.08 Å². The molecule has 1 heterocycles. The fourth-order valence-corrected chi connectivity index (χ4v) is 3.58. The molecule has 0 aliphatic rings. The van der Waals surface area contributed by atoms with Crippen LogP contribution in [0.15, 0.2) is 48.0 Å². The number of nitriles is 1. The molecule has 0 saturated heterocycles. The maximum absolute atomic E-state index is 12.5. The molecule has 176 valence electrons. The molecule has 0 radical (unpaired) electrons. The molecule has 0 spiro atoms. The number of nitrogens with zero attached hydrogens (tertiary/aromatic N) is 3. The molecule has 9 heteroatoms. The second-order valence-electron chi connectivity index (χ2n) is 7.64. The number of carbonyl (C=O) groups excluding carboxylic acids is 1. The molecule has 3 rings (SSSR count). The number of methoxy groups -OCH3 is 1. The number of rotatable bonds is 10. The number of ether oxygens (including phenoxy) is 3. The lowest BCUT2D eigenvalue weighted by Gasteiger charge is -2.12. The van der Waals surface area contributed by atoms with Gasteiger partial charge in [-0.1, -0.05) is 48.9 Å². The van der Waals surface area contributed by atoms with Gasteiger partial charge in [-0.3, -0.25) is 10.1 Å². The monoisotopic (exact) mass is 478 g/mol. The highest BCUT2D eigenvalue weighted by atomic mass is 32.1. The molecule has 0 fully saturated rings. The van der Waals surface area contributed by atoms with E-state index in [1.807, 2.05) is 51.1 Å². The van der Waals surface area contributed by atoms with Crippen LogP contribution in [-0.2, 0) is 4.79 Å². The van der Waals surface area contributed by atoms with E-state index >= 15 is 0 Å². The molecule has 0 unspecified atom stereocenters. The van der Waals surface area contributed by atoms with Crippen LogP contribution in [0.2, 0.25) is 0 Å². The van der Waals surface area contributed by atoms with Gasteiger partial charge in [-0.15, -0.1) is 10.2 Å². The minimum Gasteiger partial charge on any atom is -0.493 e. The highest BCUT2D eigenvalue weighted by Crippen LogP contribution is 2.29. The molecule has 1 aromatic heterocycles. The third kappa shape index (κ3) is 6.80. The van der Waals surface area contributed by atoms with Crippen LogP contribution in [0.3, 0.4) is 0 Å². The fraction of sp³-hybridized carbons (Fsp3) is 0.280. The van der Waals surface area contributed by atoms with E-state index < -0.39 is 5.91 Å². The molecule has 3 aromatic rings. The van der Waals surface area contributed by atoms with E-state index in [-0.39, 0.29) is 11.5 Å². The SMILES string of the molecule is COc1cc(/C=C(/C#N)C(=O)Nc2nnc(C(C)C)s2)ccc1OCCOc1ccc(C)cc1. The molecule has 1 N–H and O–H groups in total. The van der Waals surface area contributed by atoms with Crippen molar-refractivity contribution < 1.29 is 19.0 Å². The Kier molecular flexibility index (Phi) is 8.60. The van der Waals surface area contributed by atoms with Crippen molar-refractivity contribution in [3.63, 3.8) is 0 Å². The first-order valence-corrected chi connectivity index (χ1v) is 11.5. The summed E-state index contributed by atoms with van der Waals surface area (Å²) in [4.78, 5) is 12.5. The van der Waals surface area contributed by atoms with Gasteiger partial charge in [-0.05, 0) is 42.8 Å². The predicted octanol–water partition coefficient (Wildman–Crippen LogP) is 4.98. The number of nitrogens with one attached hydrogen (secondary N) is 1. The predicted molar refractivity (Wildman–Crippen MR) is 131 cm³/mol.